The van der Waals surface area contributed by atoms with Crippen molar-refractivity contribution in [2.45, 2.75) is 32.3 Å². The van der Waals surface area contributed by atoms with Crippen molar-refractivity contribution in [1.29, 1.82) is 0 Å². The summed E-state index contributed by atoms with van der Waals surface area (Å²) in [6.07, 6.45) is 0.511. The van der Waals surface area contributed by atoms with E-state index in [1.807, 2.05) is 0 Å². The number of halogens is 1. The van der Waals surface area contributed by atoms with Crippen molar-refractivity contribution in [1.82, 2.24) is 9.13 Å². The van der Waals surface area contributed by atoms with Gasteiger partial charge in [-0.1, -0.05) is 15.9 Å². The van der Waals surface area contributed by atoms with Crippen LogP contribution < -0.4 is 11.2 Å². The third kappa shape index (κ3) is 1.89. The fourth-order valence-corrected chi connectivity index (χ4v) is 2.23. The fraction of sp³-hybridized carbons (Fsp3) is 0.500. The van der Waals surface area contributed by atoms with Crippen LogP contribution in [-0.4, -0.2) is 15.4 Å². The quantitative estimate of drug-likeness (QED) is 0.607. The van der Waals surface area contributed by atoms with Gasteiger partial charge in [-0.15, -0.1) is 0 Å². The van der Waals surface area contributed by atoms with Gasteiger partial charge in [0.15, 0.2) is 6.29 Å². The summed E-state index contributed by atoms with van der Waals surface area (Å²) in [5.41, 5.74) is -0.380. The van der Waals surface area contributed by atoms with E-state index in [1.54, 1.807) is 13.8 Å². The van der Waals surface area contributed by atoms with Crippen molar-refractivity contribution < 1.29 is 4.79 Å². The van der Waals surface area contributed by atoms with Gasteiger partial charge in [-0.3, -0.25) is 18.7 Å². The lowest BCUT2D eigenvalue weighted by Gasteiger charge is -2.13. The molecule has 1 heterocycles. The van der Waals surface area contributed by atoms with Gasteiger partial charge >= 0.3 is 5.69 Å². The summed E-state index contributed by atoms with van der Waals surface area (Å²) < 4.78 is 2.50. The van der Waals surface area contributed by atoms with Crippen molar-refractivity contribution >= 4 is 22.2 Å². The van der Waals surface area contributed by atoms with Crippen LogP contribution in [0.2, 0.25) is 0 Å². The van der Waals surface area contributed by atoms with Crippen molar-refractivity contribution in [2.75, 3.05) is 0 Å². The van der Waals surface area contributed by atoms with E-state index in [4.69, 9.17) is 0 Å². The van der Waals surface area contributed by atoms with E-state index in [9.17, 15) is 14.4 Å². The molecule has 0 aromatic carbocycles. The van der Waals surface area contributed by atoms with E-state index in [-0.39, 0.29) is 17.8 Å². The van der Waals surface area contributed by atoms with Crippen LogP contribution in [0.15, 0.2) is 9.59 Å². The normalized spacial score (nSPS) is 10.4. The molecule has 1 aromatic rings. The van der Waals surface area contributed by atoms with Gasteiger partial charge in [0.2, 0.25) is 0 Å². The number of hydrogen-bond acceptors (Lipinski definition) is 3. The number of aldehydes is 1. The zero-order valence-electron chi connectivity index (χ0n) is 9.20. The third-order valence-corrected chi connectivity index (χ3v) is 2.98. The molecule has 0 aliphatic rings. The number of rotatable bonds is 4. The molecular weight excluding hydrogens is 276 g/mol. The van der Waals surface area contributed by atoms with Crippen LogP contribution in [0.3, 0.4) is 0 Å². The average Bonchev–Trinajstić information content (AvgIpc) is 2.29. The Morgan fingerprint density at radius 2 is 1.75 bits per heavy atom. The van der Waals surface area contributed by atoms with E-state index in [0.29, 0.717) is 23.9 Å². The molecule has 16 heavy (non-hydrogen) atoms. The maximum atomic E-state index is 11.9. The maximum Gasteiger partial charge on any atom is 0.331 e. The number of nitrogens with zero attached hydrogens (tertiary/aromatic N) is 2. The lowest BCUT2D eigenvalue weighted by atomic mass is 10.2. The molecule has 1 rings (SSSR count). The highest BCUT2D eigenvalue weighted by Crippen LogP contribution is 2.05. The second-order valence-corrected chi connectivity index (χ2v) is 3.75. The maximum absolute atomic E-state index is 11.9. The lowest BCUT2D eigenvalue weighted by Crippen LogP contribution is -2.43. The first-order valence-corrected chi connectivity index (χ1v) is 6.12. The molecule has 0 spiro atoms. The van der Waals surface area contributed by atoms with Crippen molar-refractivity contribution in [2.24, 2.45) is 0 Å². The van der Waals surface area contributed by atoms with Crippen LogP contribution in [0, 0.1) is 0 Å². The van der Waals surface area contributed by atoms with Gasteiger partial charge in [-0.25, -0.2) is 4.79 Å². The predicted octanol–water partition coefficient (Wildman–Crippen LogP) is 0.757. The first-order chi connectivity index (χ1) is 7.62. The first-order valence-electron chi connectivity index (χ1n) is 4.99. The molecule has 0 unspecified atom stereocenters. The SMILES string of the molecule is CCn1c(CBr)c(C=O)c(=O)n(CC)c1=O. The number of carbonyl (C=O) groups excluding carboxylic acids is 1. The van der Waals surface area contributed by atoms with Crippen LogP contribution in [-0.2, 0) is 18.4 Å². The summed E-state index contributed by atoms with van der Waals surface area (Å²) in [5, 5.41) is 0.309. The Kier molecular flexibility index (Phi) is 4.23. The molecular formula is C10H13BrN2O3. The zero-order valence-corrected chi connectivity index (χ0v) is 10.8. The van der Waals surface area contributed by atoms with Gasteiger partial charge in [0, 0.05) is 24.1 Å². The predicted molar refractivity (Wildman–Crippen MR) is 64.3 cm³/mol. The number of hydrogen-bond donors (Lipinski definition) is 0. The second-order valence-electron chi connectivity index (χ2n) is 3.19. The molecule has 6 heteroatoms. The highest BCUT2D eigenvalue weighted by atomic mass is 79.9. The van der Waals surface area contributed by atoms with Crippen LogP contribution in [0.25, 0.3) is 0 Å². The molecule has 0 fully saturated rings. The minimum absolute atomic E-state index is 0.0557. The number of carbonyl (C=O) groups is 1. The summed E-state index contributed by atoms with van der Waals surface area (Å²) in [4.78, 5) is 34.6. The molecule has 0 radical (unpaired) electrons. The Balaban J connectivity index is 3.83. The highest BCUT2D eigenvalue weighted by molar-refractivity contribution is 9.08. The Bertz CT molecular complexity index is 516. The summed E-state index contributed by atoms with van der Waals surface area (Å²) in [5.74, 6) is 0. The van der Waals surface area contributed by atoms with Crippen molar-refractivity contribution in [3.8, 4) is 0 Å². The Morgan fingerprint density at radius 3 is 2.12 bits per heavy atom. The molecule has 0 N–H and O–H groups in total. The van der Waals surface area contributed by atoms with Crippen LogP contribution in [0.4, 0.5) is 0 Å². The Morgan fingerprint density at radius 1 is 1.19 bits per heavy atom. The highest BCUT2D eigenvalue weighted by Gasteiger charge is 2.15. The summed E-state index contributed by atoms with van der Waals surface area (Å²) >= 11 is 3.19. The van der Waals surface area contributed by atoms with Crippen LogP contribution in [0.1, 0.15) is 29.9 Å². The fourth-order valence-electron chi connectivity index (χ4n) is 1.63. The Labute approximate surface area is 101 Å². The summed E-state index contributed by atoms with van der Waals surface area (Å²) in [6.45, 7) is 4.19. The van der Waals surface area contributed by atoms with E-state index in [0.717, 1.165) is 4.57 Å². The van der Waals surface area contributed by atoms with E-state index >= 15 is 0 Å². The largest absolute Gasteiger partial charge is 0.331 e. The third-order valence-electron chi connectivity index (χ3n) is 2.45. The first kappa shape index (κ1) is 12.9. The molecule has 5 nitrogen and oxygen atoms in total. The van der Waals surface area contributed by atoms with Crippen molar-refractivity contribution in [3.05, 3.63) is 32.1 Å². The van der Waals surface area contributed by atoms with Gasteiger partial charge in [0.1, 0.15) is 5.56 Å². The molecule has 0 aliphatic heterocycles. The van der Waals surface area contributed by atoms with E-state index < -0.39 is 5.56 Å². The lowest BCUT2D eigenvalue weighted by molar-refractivity contribution is 0.111. The molecule has 0 saturated carbocycles. The molecule has 0 saturated heterocycles. The number of alkyl halides is 1. The molecule has 1 aromatic heterocycles. The van der Waals surface area contributed by atoms with Crippen molar-refractivity contribution in [3.63, 3.8) is 0 Å². The zero-order chi connectivity index (χ0) is 12.3. The van der Waals surface area contributed by atoms with E-state index in [2.05, 4.69) is 15.9 Å². The minimum Gasteiger partial charge on any atom is -0.298 e. The average molecular weight is 289 g/mol. The van der Waals surface area contributed by atoms with Crippen LogP contribution >= 0.6 is 15.9 Å². The van der Waals surface area contributed by atoms with Gasteiger partial charge in [0.25, 0.3) is 5.56 Å². The number of aromatic nitrogens is 2. The topological polar surface area (TPSA) is 61.1 Å². The monoisotopic (exact) mass is 288 g/mol. The van der Waals surface area contributed by atoms with E-state index in [1.165, 1.54) is 4.57 Å². The molecule has 0 amide bonds. The molecule has 0 bridgehead atoms. The molecule has 88 valence electrons. The summed E-state index contributed by atoms with van der Waals surface area (Å²) in [7, 11) is 0. The minimum atomic E-state index is -0.512. The summed E-state index contributed by atoms with van der Waals surface area (Å²) in [6, 6.07) is 0. The molecule has 0 aliphatic carbocycles. The second kappa shape index (κ2) is 5.25. The van der Waals surface area contributed by atoms with Gasteiger partial charge in [-0.2, -0.15) is 0 Å². The van der Waals surface area contributed by atoms with Gasteiger partial charge in [0.05, 0.1) is 0 Å². The van der Waals surface area contributed by atoms with Gasteiger partial charge < -0.3 is 0 Å². The van der Waals surface area contributed by atoms with Gasteiger partial charge in [-0.05, 0) is 13.8 Å². The standard InChI is InChI=1S/C10H13BrN2O3/c1-3-12-8(5-11)7(6-14)9(15)13(4-2)10(12)16/h6H,3-5H2,1-2H3. The molecule has 0 atom stereocenters. The smallest absolute Gasteiger partial charge is 0.298 e. The Hall–Kier alpha value is -1.17. The van der Waals surface area contributed by atoms with Crippen LogP contribution in [0.5, 0.6) is 0 Å².